The summed E-state index contributed by atoms with van der Waals surface area (Å²) in [5.74, 6) is 0. The fourth-order valence-electron chi connectivity index (χ4n) is 3.44. The second-order valence-electron chi connectivity index (χ2n) is 6.27. The van der Waals surface area contributed by atoms with Crippen LogP contribution in [0.15, 0.2) is 0 Å². The van der Waals surface area contributed by atoms with Crippen molar-refractivity contribution in [2.45, 2.75) is 50.2 Å². The van der Waals surface area contributed by atoms with Crippen molar-refractivity contribution in [3.63, 3.8) is 0 Å². The van der Waals surface area contributed by atoms with Crippen molar-refractivity contribution in [3.8, 4) is 0 Å². The first kappa shape index (κ1) is 12.9. The highest BCUT2D eigenvalue weighted by Gasteiger charge is 2.31. The van der Waals surface area contributed by atoms with E-state index in [2.05, 4.69) is 15.1 Å². The van der Waals surface area contributed by atoms with Gasteiger partial charge in [0.15, 0.2) is 0 Å². The Bertz CT molecular complexity index is 264. The Balaban J connectivity index is 1.42. The second-order valence-corrected chi connectivity index (χ2v) is 6.27. The van der Waals surface area contributed by atoms with Crippen LogP contribution in [0.3, 0.4) is 0 Å². The van der Waals surface area contributed by atoms with Gasteiger partial charge >= 0.3 is 0 Å². The van der Waals surface area contributed by atoms with Crippen LogP contribution in [0, 0.1) is 0 Å². The van der Waals surface area contributed by atoms with Crippen LogP contribution in [-0.4, -0.2) is 72.4 Å². The molecular formula is C14H27N3O. The van der Waals surface area contributed by atoms with E-state index >= 15 is 0 Å². The summed E-state index contributed by atoms with van der Waals surface area (Å²) in [6.07, 6.45) is 6.69. The predicted molar refractivity (Wildman–Crippen MR) is 72.7 cm³/mol. The van der Waals surface area contributed by atoms with Gasteiger partial charge in [0.05, 0.1) is 6.61 Å². The average molecular weight is 253 g/mol. The van der Waals surface area contributed by atoms with Gasteiger partial charge < -0.3 is 15.3 Å². The molecule has 0 aromatic carbocycles. The van der Waals surface area contributed by atoms with Gasteiger partial charge in [-0.2, -0.15) is 0 Å². The van der Waals surface area contributed by atoms with E-state index in [0.717, 1.165) is 12.6 Å². The van der Waals surface area contributed by atoms with Crippen molar-refractivity contribution < 1.29 is 5.11 Å². The van der Waals surface area contributed by atoms with Gasteiger partial charge in [0.1, 0.15) is 0 Å². The van der Waals surface area contributed by atoms with E-state index in [1.165, 1.54) is 58.3 Å². The van der Waals surface area contributed by atoms with Gasteiger partial charge in [-0.05, 0) is 51.7 Å². The fourth-order valence-corrected chi connectivity index (χ4v) is 3.44. The second kappa shape index (κ2) is 5.87. The lowest BCUT2D eigenvalue weighted by Crippen LogP contribution is -2.44. The summed E-state index contributed by atoms with van der Waals surface area (Å²) in [7, 11) is 0. The lowest BCUT2D eigenvalue weighted by atomic mass is 10.2. The number of nitrogens with zero attached hydrogens (tertiary/aromatic N) is 2. The number of aliphatic hydroxyl groups is 1. The molecule has 1 aliphatic carbocycles. The molecular weight excluding hydrogens is 226 g/mol. The SMILES string of the molecule is OCC(CN1CCC(N2CCCC2)C1)NC1CC1. The van der Waals surface area contributed by atoms with Crippen LogP contribution in [-0.2, 0) is 0 Å². The van der Waals surface area contributed by atoms with Gasteiger partial charge in [-0.25, -0.2) is 0 Å². The third kappa shape index (κ3) is 3.23. The van der Waals surface area contributed by atoms with Gasteiger partial charge in [-0.1, -0.05) is 0 Å². The monoisotopic (exact) mass is 253 g/mol. The maximum atomic E-state index is 9.44. The average Bonchev–Trinajstić information content (AvgIpc) is 2.87. The Morgan fingerprint density at radius 1 is 1.11 bits per heavy atom. The molecule has 0 bridgehead atoms. The van der Waals surface area contributed by atoms with Crippen LogP contribution in [0.2, 0.25) is 0 Å². The lowest BCUT2D eigenvalue weighted by Gasteiger charge is -2.26. The van der Waals surface area contributed by atoms with Gasteiger partial charge in [-0.15, -0.1) is 0 Å². The molecule has 0 aromatic rings. The zero-order chi connectivity index (χ0) is 12.4. The van der Waals surface area contributed by atoms with Gasteiger partial charge in [0, 0.05) is 31.2 Å². The van der Waals surface area contributed by atoms with Crippen molar-refractivity contribution in [2.24, 2.45) is 0 Å². The highest BCUT2D eigenvalue weighted by molar-refractivity contribution is 4.90. The third-order valence-electron chi connectivity index (χ3n) is 4.65. The molecule has 3 rings (SSSR count). The first-order valence-electron chi connectivity index (χ1n) is 7.68. The molecule has 18 heavy (non-hydrogen) atoms. The van der Waals surface area contributed by atoms with E-state index in [-0.39, 0.29) is 12.6 Å². The number of rotatable bonds is 6. The predicted octanol–water partition coefficient (Wildman–Crippen LogP) is 0.269. The van der Waals surface area contributed by atoms with E-state index < -0.39 is 0 Å². The van der Waals surface area contributed by atoms with Gasteiger partial charge in [0.25, 0.3) is 0 Å². The minimum absolute atomic E-state index is 0.279. The summed E-state index contributed by atoms with van der Waals surface area (Å²) in [4.78, 5) is 5.21. The fraction of sp³-hybridized carbons (Fsp3) is 1.00. The lowest BCUT2D eigenvalue weighted by molar-refractivity contribution is 0.184. The molecule has 2 unspecified atom stereocenters. The minimum Gasteiger partial charge on any atom is -0.395 e. The molecule has 3 fully saturated rings. The summed E-state index contributed by atoms with van der Waals surface area (Å²) < 4.78 is 0. The summed E-state index contributed by atoms with van der Waals surface area (Å²) in [6, 6.07) is 1.77. The molecule has 2 N–H and O–H groups in total. The molecule has 4 heteroatoms. The van der Waals surface area contributed by atoms with Crippen molar-refractivity contribution in [3.05, 3.63) is 0 Å². The quantitative estimate of drug-likeness (QED) is 0.713. The number of aliphatic hydroxyl groups excluding tert-OH is 1. The van der Waals surface area contributed by atoms with Crippen molar-refractivity contribution in [2.75, 3.05) is 39.3 Å². The minimum atomic E-state index is 0.279. The highest BCUT2D eigenvalue weighted by atomic mass is 16.3. The van der Waals surface area contributed by atoms with Crippen LogP contribution >= 0.6 is 0 Å². The Kier molecular flexibility index (Phi) is 4.19. The molecule has 2 saturated heterocycles. The molecule has 4 nitrogen and oxygen atoms in total. The molecule has 3 aliphatic rings. The van der Waals surface area contributed by atoms with E-state index in [9.17, 15) is 5.11 Å². The Labute approximate surface area is 110 Å². The standard InChI is InChI=1S/C14H27N3O/c18-11-13(15-12-3-4-12)9-16-8-5-14(10-16)17-6-1-2-7-17/h12-15,18H,1-11H2. The Hall–Kier alpha value is -0.160. The number of likely N-dealkylation sites (tertiary alicyclic amines) is 2. The number of nitrogens with one attached hydrogen (secondary N) is 1. The molecule has 2 atom stereocenters. The maximum absolute atomic E-state index is 9.44. The maximum Gasteiger partial charge on any atom is 0.0597 e. The van der Waals surface area contributed by atoms with E-state index in [0.29, 0.717) is 6.04 Å². The molecule has 0 radical (unpaired) electrons. The van der Waals surface area contributed by atoms with Gasteiger partial charge in [-0.3, -0.25) is 4.90 Å². The van der Waals surface area contributed by atoms with Crippen LogP contribution in [0.1, 0.15) is 32.1 Å². The number of hydrogen-bond acceptors (Lipinski definition) is 4. The summed E-state index contributed by atoms with van der Waals surface area (Å²) in [5.41, 5.74) is 0. The van der Waals surface area contributed by atoms with Crippen molar-refractivity contribution in [1.29, 1.82) is 0 Å². The molecule has 1 saturated carbocycles. The number of hydrogen-bond donors (Lipinski definition) is 2. The summed E-state index contributed by atoms with van der Waals surface area (Å²) in [5, 5.41) is 13.0. The molecule has 2 heterocycles. The topological polar surface area (TPSA) is 38.7 Å². The smallest absolute Gasteiger partial charge is 0.0597 e. The summed E-state index contributed by atoms with van der Waals surface area (Å²) in [6.45, 7) is 6.34. The largest absolute Gasteiger partial charge is 0.395 e. The molecule has 2 aliphatic heterocycles. The van der Waals surface area contributed by atoms with Crippen LogP contribution < -0.4 is 5.32 Å². The van der Waals surface area contributed by atoms with Crippen LogP contribution in [0.25, 0.3) is 0 Å². The zero-order valence-electron chi connectivity index (χ0n) is 11.4. The highest BCUT2D eigenvalue weighted by Crippen LogP contribution is 2.22. The molecule has 0 aromatic heterocycles. The van der Waals surface area contributed by atoms with Crippen LogP contribution in [0.4, 0.5) is 0 Å². The van der Waals surface area contributed by atoms with Crippen LogP contribution in [0.5, 0.6) is 0 Å². The first-order chi connectivity index (χ1) is 8.85. The molecule has 0 amide bonds. The summed E-state index contributed by atoms with van der Waals surface area (Å²) >= 11 is 0. The first-order valence-corrected chi connectivity index (χ1v) is 7.68. The normalized spacial score (nSPS) is 32.2. The Morgan fingerprint density at radius 3 is 2.56 bits per heavy atom. The van der Waals surface area contributed by atoms with Crippen molar-refractivity contribution >= 4 is 0 Å². The zero-order valence-corrected chi connectivity index (χ0v) is 11.4. The van der Waals surface area contributed by atoms with E-state index in [1.807, 2.05) is 0 Å². The molecule has 104 valence electrons. The van der Waals surface area contributed by atoms with Crippen molar-refractivity contribution in [1.82, 2.24) is 15.1 Å². The van der Waals surface area contributed by atoms with Gasteiger partial charge in [0.2, 0.25) is 0 Å². The third-order valence-corrected chi connectivity index (χ3v) is 4.65. The van der Waals surface area contributed by atoms with E-state index in [4.69, 9.17) is 0 Å². The molecule has 0 spiro atoms. The van der Waals surface area contributed by atoms with E-state index in [1.54, 1.807) is 0 Å². The Morgan fingerprint density at radius 2 is 1.89 bits per heavy atom.